The zero-order chi connectivity index (χ0) is 15.3. The van der Waals surface area contributed by atoms with Crippen molar-refractivity contribution >= 4 is 49.2 Å². The lowest BCUT2D eigenvalue weighted by Crippen LogP contribution is -2.23. The van der Waals surface area contributed by atoms with Gasteiger partial charge in [-0.25, -0.2) is 0 Å². The van der Waals surface area contributed by atoms with Crippen molar-refractivity contribution in [2.75, 3.05) is 0 Å². The lowest BCUT2D eigenvalue weighted by atomic mass is 9.83. The van der Waals surface area contributed by atoms with Crippen molar-refractivity contribution in [3.63, 3.8) is 0 Å². The predicted molar refractivity (Wildman–Crippen MR) is 85.8 cm³/mol. The van der Waals surface area contributed by atoms with Crippen LogP contribution in [0.15, 0.2) is 39.3 Å². The number of hydrogen-bond acceptors (Lipinski definition) is 4. The van der Waals surface area contributed by atoms with Crippen LogP contribution in [-0.2, 0) is 9.59 Å². The van der Waals surface area contributed by atoms with Gasteiger partial charge in [-0.3, -0.25) is 9.59 Å². The standard InChI is InChI=1S/C17H12BrNO3/c18-10-2-4-12-9(7-10)1-6-15-16(12)17(19-22-15)13-5-3-11(20)8-14(13)21/h1-2,4,6-7,13H,3,5,8H2/t13-/m0/s1. The van der Waals surface area contributed by atoms with Gasteiger partial charge in [-0.1, -0.05) is 33.2 Å². The van der Waals surface area contributed by atoms with Crippen molar-refractivity contribution in [2.45, 2.75) is 25.2 Å². The van der Waals surface area contributed by atoms with Crippen LogP contribution in [0.1, 0.15) is 30.9 Å². The van der Waals surface area contributed by atoms with Crippen molar-refractivity contribution < 1.29 is 14.1 Å². The predicted octanol–water partition coefficient (Wildman–Crippen LogP) is 4.15. The molecule has 1 atom stereocenters. The fourth-order valence-corrected chi connectivity index (χ4v) is 3.54. The van der Waals surface area contributed by atoms with Crippen LogP contribution in [0.4, 0.5) is 0 Å². The third-order valence-corrected chi connectivity index (χ3v) is 4.74. The van der Waals surface area contributed by atoms with Gasteiger partial charge in [0.1, 0.15) is 17.3 Å². The SMILES string of the molecule is O=C1CC[C@H](c2noc3ccc4cc(Br)ccc4c23)C(=O)C1. The first-order valence-corrected chi connectivity index (χ1v) is 7.95. The molecular weight excluding hydrogens is 346 g/mol. The molecule has 22 heavy (non-hydrogen) atoms. The third kappa shape index (κ3) is 2.08. The number of fused-ring (bicyclic) bond motifs is 3. The average Bonchev–Trinajstić information content (AvgIpc) is 2.91. The second kappa shape index (κ2) is 5.02. The lowest BCUT2D eigenvalue weighted by molar-refractivity contribution is -0.130. The molecule has 0 aliphatic heterocycles. The summed E-state index contributed by atoms with van der Waals surface area (Å²) in [6, 6.07) is 9.84. The van der Waals surface area contributed by atoms with E-state index >= 15 is 0 Å². The molecule has 0 N–H and O–H groups in total. The molecule has 1 heterocycles. The Balaban J connectivity index is 1.95. The van der Waals surface area contributed by atoms with Gasteiger partial charge in [0.05, 0.1) is 17.7 Å². The zero-order valence-electron chi connectivity index (χ0n) is 11.6. The van der Waals surface area contributed by atoms with Gasteiger partial charge in [0, 0.05) is 10.9 Å². The number of halogens is 1. The molecule has 0 spiro atoms. The van der Waals surface area contributed by atoms with Crippen molar-refractivity contribution in [2.24, 2.45) is 0 Å². The normalized spacial score (nSPS) is 19.2. The number of Topliss-reactive ketones (excluding diaryl/α,β-unsaturated/α-hetero) is 2. The Morgan fingerprint density at radius 1 is 1.18 bits per heavy atom. The third-order valence-electron chi connectivity index (χ3n) is 4.24. The number of nitrogens with zero attached hydrogens (tertiary/aromatic N) is 1. The molecule has 1 aromatic heterocycles. The Hall–Kier alpha value is -2.01. The van der Waals surface area contributed by atoms with Crippen molar-refractivity contribution in [1.29, 1.82) is 0 Å². The monoisotopic (exact) mass is 357 g/mol. The molecule has 1 saturated carbocycles. The molecule has 1 aliphatic carbocycles. The summed E-state index contributed by atoms with van der Waals surface area (Å²) in [5, 5.41) is 7.11. The quantitative estimate of drug-likeness (QED) is 0.613. The van der Waals surface area contributed by atoms with Crippen LogP contribution >= 0.6 is 15.9 Å². The van der Waals surface area contributed by atoms with Gasteiger partial charge in [0.25, 0.3) is 0 Å². The van der Waals surface area contributed by atoms with E-state index in [1.165, 1.54) is 0 Å². The van der Waals surface area contributed by atoms with Gasteiger partial charge in [-0.2, -0.15) is 0 Å². The van der Waals surface area contributed by atoms with E-state index in [-0.39, 0.29) is 23.9 Å². The first-order valence-electron chi connectivity index (χ1n) is 7.15. The molecule has 0 bridgehead atoms. The van der Waals surface area contributed by atoms with Crippen LogP contribution in [0.5, 0.6) is 0 Å². The molecule has 0 unspecified atom stereocenters. The smallest absolute Gasteiger partial charge is 0.167 e. The maximum atomic E-state index is 12.2. The topological polar surface area (TPSA) is 60.2 Å². The molecule has 4 nitrogen and oxygen atoms in total. The maximum absolute atomic E-state index is 12.2. The van der Waals surface area contributed by atoms with E-state index in [0.29, 0.717) is 24.1 Å². The molecule has 4 rings (SSSR count). The van der Waals surface area contributed by atoms with Crippen molar-refractivity contribution in [3.8, 4) is 0 Å². The molecule has 3 aromatic rings. The van der Waals surface area contributed by atoms with E-state index in [1.807, 2.05) is 30.3 Å². The molecule has 1 aliphatic rings. The number of carbonyl (C=O) groups is 2. The van der Waals surface area contributed by atoms with Crippen molar-refractivity contribution in [3.05, 3.63) is 40.5 Å². The van der Waals surface area contributed by atoms with Gasteiger partial charge in [-0.15, -0.1) is 0 Å². The molecule has 110 valence electrons. The Bertz CT molecular complexity index is 928. The Morgan fingerprint density at radius 3 is 2.86 bits per heavy atom. The molecule has 0 radical (unpaired) electrons. The summed E-state index contributed by atoms with van der Waals surface area (Å²) in [6.07, 6.45) is 0.961. The van der Waals surface area contributed by atoms with Gasteiger partial charge in [0.2, 0.25) is 0 Å². The minimum atomic E-state index is -0.340. The van der Waals surface area contributed by atoms with Gasteiger partial charge >= 0.3 is 0 Å². The molecular formula is C17H12BrNO3. The first kappa shape index (κ1) is 13.6. The average molecular weight is 358 g/mol. The minimum absolute atomic E-state index is 0.00926. The molecule has 2 aromatic carbocycles. The summed E-state index contributed by atoms with van der Waals surface area (Å²) in [4.78, 5) is 23.7. The summed E-state index contributed by atoms with van der Waals surface area (Å²) in [7, 11) is 0. The van der Waals surface area contributed by atoms with Gasteiger partial charge in [-0.05, 0) is 35.4 Å². The number of ketones is 2. The highest BCUT2D eigenvalue weighted by molar-refractivity contribution is 9.10. The summed E-state index contributed by atoms with van der Waals surface area (Å²) in [5.41, 5.74) is 1.34. The number of rotatable bonds is 1. The van der Waals surface area contributed by atoms with E-state index in [0.717, 1.165) is 20.6 Å². The van der Waals surface area contributed by atoms with Crippen LogP contribution in [-0.4, -0.2) is 16.7 Å². The van der Waals surface area contributed by atoms with E-state index in [2.05, 4.69) is 21.1 Å². The zero-order valence-corrected chi connectivity index (χ0v) is 13.2. The van der Waals surface area contributed by atoms with Gasteiger partial charge < -0.3 is 4.52 Å². The van der Waals surface area contributed by atoms with Crippen molar-refractivity contribution in [1.82, 2.24) is 5.16 Å². The number of aromatic nitrogens is 1. The van der Waals surface area contributed by atoms with E-state index in [9.17, 15) is 9.59 Å². The molecule has 0 amide bonds. The Morgan fingerprint density at radius 2 is 2.05 bits per heavy atom. The fraction of sp³-hybridized carbons (Fsp3) is 0.235. The largest absolute Gasteiger partial charge is 0.356 e. The highest BCUT2D eigenvalue weighted by Crippen LogP contribution is 2.37. The second-order valence-electron chi connectivity index (χ2n) is 5.64. The van der Waals surface area contributed by atoms with E-state index in [4.69, 9.17) is 4.52 Å². The van der Waals surface area contributed by atoms with E-state index < -0.39 is 0 Å². The van der Waals surface area contributed by atoms with Crippen LogP contribution in [0, 0.1) is 0 Å². The molecule has 1 fully saturated rings. The summed E-state index contributed by atoms with van der Waals surface area (Å²) < 4.78 is 6.41. The number of benzene rings is 2. The van der Waals surface area contributed by atoms with Crippen LogP contribution in [0.2, 0.25) is 0 Å². The maximum Gasteiger partial charge on any atom is 0.167 e. The van der Waals surface area contributed by atoms with Crippen LogP contribution < -0.4 is 0 Å². The second-order valence-corrected chi connectivity index (χ2v) is 6.56. The van der Waals surface area contributed by atoms with Crippen LogP contribution in [0.3, 0.4) is 0 Å². The fourth-order valence-electron chi connectivity index (χ4n) is 3.16. The summed E-state index contributed by atoms with van der Waals surface area (Å²) in [6.45, 7) is 0. The first-order chi connectivity index (χ1) is 10.6. The Labute approximate surface area is 134 Å². The minimum Gasteiger partial charge on any atom is -0.356 e. The Kier molecular flexibility index (Phi) is 3.11. The lowest BCUT2D eigenvalue weighted by Gasteiger charge is -2.17. The highest BCUT2D eigenvalue weighted by Gasteiger charge is 2.32. The molecule has 0 saturated heterocycles. The van der Waals surface area contributed by atoms with E-state index in [1.54, 1.807) is 0 Å². The number of carbonyl (C=O) groups excluding carboxylic acids is 2. The van der Waals surface area contributed by atoms with Crippen LogP contribution in [0.25, 0.3) is 21.7 Å². The number of hydrogen-bond donors (Lipinski definition) is 0. The summed E-state index contributed by atoms with van der Waals surface area (Å²) >= 11 is 3.47. The van der Waals surface area contributed by atoms with Gasteiger partial charge in [0.15, 0.2) is 5.58 Å². The summed E-state index contributed by atoms with van der Waals surface area (Å²) in [5.74, 6) is -0.378. The molecule has 5 heteroatoms. The highest BCUT2D eigenvalue weighted by atomic mass is 79.9.